The molecule has 0 spiro atoms. The molecule has 0 saturated heterocycles. The molecule has 0 aliphatic carbocycles. The van der Waals surface area contributed by atoms with Crippen LogP contribution in [0.25, 0.3) is 0 Å². The molecule has 1 rings (SSSR count). The average Bonchev–Trinajstić information content (AvgIpc) is 2.32. The van der Waals surface area contributed by atoms with E-state index in [1.54, 1.807) is 6.20 Å². The number of halogens is 1. The third-order valence-electron chi connectivity index (χ3n) is 2.06. The maximum absolute atomic E-state index is 6.05. The first-order valence-corrected chi connectivity index (χ1v) is 6.15. The Bertz CT molecular complexity index is 334. The van der Waals surface area contributed by atoms with Crippen LogP contribution >= 0.6 is 11.6 Å². The molecule has 1 aromatic heterocycles. The molecule has 0 radical (unpaired) electrons. The summed E-state index contributed by atoms with van der Waals surface area (Å²) in [6.45, 7) is 4.60. The Hall–Kier alpha value is -0.840. The van der Waals surface area contributed by atoms with Crippen molar-refractivity contribution in [3.8, 4) is 5.88 Å². The topological polar surface area (TPSA) is 43.4 Å². The first kappa shape index (κ1) is 14.2. The molecule has 4 nitrogen and oxygen atoms in total. The summed E-state index contributed by atoms with van der Waals surface area (Å²) in [5, 5.41) is 3.57. The summed E-state index contributed by atoms with van der Waals surface area (Å²) in [6, 6.07) is 1.85. The second-order valence-corrected chi connectivity index (χ2v) is 4.03. The van der Waals surface area contributed by atoms with Gasteiger partial charge in [-0.1, -0.05) is 18.5 Å². The zero-order chi connectivity index (χ0) is 12.5. The van der Waals surface area contributed by atoms with Gasteiger partial charge in [-0.25, -0.2) is 4.98 Å². The number of nitrogens with zero attached hydrogens (tertiary/aromatic N) is 1. The first-order chi connectivity index (χ1) is 8.27. The first-order valence-electron chi connectivity index (χ1n) is 5.77. The summed E-state index contributed by atoms with van der Waals surface area (Å²) in [5.74, 6) is 0.464. The highest BCUT2D eigenvalue weighted by atomic mass is 35.5. The van der Waals surface area contributed by atoms with Crippen molar-refractivity contribution in [2.24, 2.45) is 0 Å². The third kappa shape index (κ3) is 5.35. The van der Waals surface area contributed by atoms with Crippen LogP contribution in [-0.4, -0.2) is 31.9 Å². The van der Waals surface area contributed by atoms with Gasteiger partial charge in [-0.3, -0.25) is 0 Å². The molecule has 0 atom stereocenters. The number of hydrogen-bond acceptors (Lipinski definition) is 4. The monoisotopic (exact) mass is 258 g/mol. The van der Waals surface area contributed by atoms with Crippen molar-refractivity contribution >= 4 is 11.6 Å². The van der Waals surface area contributed by atoms with Crippen LogP contribution < -0.4 is 10.1 Å². The molecule has 0 saturated carbocycles. The van der Waals surface area contributed by atoms with Crippen molar-refractivity contribution in [3.05, 3.63) is 22.8 Å². The van der Waals surface area contributed by atoms with Crippen molar-refractivity contribution in [3.63, 3.8) is 0 Å². The molecule has 0 amide bonds. The smallest absolute Gasteiger partial charge is 0.232 e. The Labute approximate surface area is 107 Å². The van der Waals surface area contributed by atoms with Crippen LogP contribution in [0.3, 0.4) is 0 Å². The van der Waals surface area contributed by atoms with Crippen molar-refractivity contribution in [1.29, 1.82) is 0 Å². The SMILES string of the molecule is CCCOCCOc1ncc(CNC)cc1Cl. The lowest BCUT2D eigenvalue weighted by Gasteiger charge is -2.08. The standard InChI is InChI=1S/C12H19ClN2O2/c1-3-4-16-5-6-17-12-11(13)7-10(8-14-2)9-15-12/h7,9,14H,3-6,8H2,1-2H3. The van der Waals surface area contributed by atoms with Gasteiger partial charge in [0, 0.05) is 19.3 Å². The van der Waals surface area contributed by atoms with Gasteiger partial charge in [-0.2, -0.15) is 0 Å². The zero-order valence-corrected chi connectivity index (χ0v) is 11.1. The second kappa shape index (κ2) is 8.28. The van der Waals surface area contributed by atoms with E-state index in [1.165, 1.54) is 0 Å². The third-order valence-corrected chi connectivity index (χ3v) is 2.33. The highest BCUT2D eigenvalue weighted by Gasteiger charge is 2.04. The molecule has 5 heteroatoms. The van der Waals surface area contributed by atoms with Gasteiger partial charge in [0.2, 0.25) is 5.88 Å². The van der Waals surface area contributed by atoms with Gasteiger partial charge in [0.1, 0.15) is 11.6 Å². The fraction of sp³-hybridized carbons (Fsp3) is 0.583. The molecule has 1 heterocycles. The molecule has 96 valence electrons. The van der Waals surface area contributed by atoms with Gasteiger partial charge in [0.25, 0.3) is 0 Å². The normalized spacial score (nSPS) is 10.5. The Morgan fingerprint density at radius 2 is 2.18 bits per heavy atom. The highest BCUT2D eigenvalue weighted by molar-refractivity contribution is 6.31. The minimum Gasteiger partial charge on any atom is -0.474 e. The number of ether oxygens (including phenoxy) is 2. The molecule has 0 aliphatic heterocycles. The van der Waals surface area contributed by atoms with Crippen molar-refractivity contribution in [2.45, 2.75) is 19.9 Å². The van der Waals surface area contributed by atoms with Gasteiger partial charge in [-0.15, -0.1) is 0 Å². The van der Waals surface area contributed by atoms with Crippen molar-refractivity contribution in [2.75, 3.05) is 26.9 Å². The average molecular weight is 259 g/mol. The Morgan fingerprint density at radius 1 is 1.35 bits per heavy atom. The summed E-state index contributed by atoms with van der Waals surface area (Å²) in [7, 11) is 1.88. The van der Waals surface area contributed by atoms with E-state index in [9.17, 15) is 0 Å². The van der Waals surface area contributed by atoms with E-state index < -0.39 is 0 Å². The fourth-order valence-electron chi connectivity index (χ4n) is 1.32. The van der Waals surface area contributed by atoms with E-state index in [-0.39, 0.29) is 0 Å². The van der Waals surface area contributed by atoms with Crippen LogP contribution in [0.2, 0.25) is 5.02 Å². The number of nitrogens with one attached hydrogen (secondary N) is 1. The summed E-state index contributed by atoms with van der Waals surface area (Å²) in [6.07, 6.45) is 2.77. The zero-order valence-electron chi connectivity index (χ0n) is 10.3. The molecule has 0 fully saturated rings. The van der Waals surface area contributed by atoms with Gasteiger partial charge in [0.15, 0.2) is 0 Å². The fourth-order valence-corrected chi connectivity index (χ4v) is 1.56. The van der Waals surface area contributed by atoms with Gasteiger partial charge < -0.3 is 14.8 Å². The summed E-state index contributed by atoms with van der Waals surface area (Å²) in [5.41, 5.74) is 1.03. The molecular weight excluding hydrogens is 240 g/mol. The molecule has 1 N–H and O–H groups in total. The van der Waals surface area contributed by atoms with Crippen LogP contribution in [0.5, 0.6) is 5.88 Å². The van der Waals surface area contributed by atoms with E-state index in [4.69, 9.17) is 21.1 Å². The van der Waals surface area contributed by atoms with Crippen molar-refractivity contribution < 1.29 is 9.47 Å². The van der Waals surface area contributed by atoms with E-state index in [0.29, 0.717) is 24.1 Å². The summed E-state index contributed by atoms with van der Waals surface area (Å²) < 4.78 is 10.7. The summed E-state index contributed by atoms with van der Waals surface area (Å²) in [4.78, 5) is 4.16. The lowest BCUT2D eigenvalue weighted by atomic mass is 10.3. The number of pyridine rings is 1. The molecule has 0 bridgehead atoms. The van der Waals surface area contributed by atoms with Crippen molar-refractivity contribution in [1.82, 2.24) is 10.3 Å². The molecule has 0 aromatic carbocycles. The Kier molecular flexibility index (Phi) is 6.93. The van der Waals surface area contributed by atoms with Gasteiger partial charge in [0.05, 0.1) is 6.61 Å². The number of hydrogen-bond donors (Lipinski definition) is 1. The lowest BCUT2D eigenvalue weighted by Crippen LogP contribution is -2.09. The van der Waals surface area contributed by atoms with Gasteiger partial charge in [-0.05, 0) is 25.1 Å². The van der Waals surface area contributed by atoms with Crippen LogP contribution in [-0.2, 0) is 11.3 Å². The number of rotatable bonds is 8. The van der Waals surface area contributed by atoms with E-state index in [0.717, 1.165) is 25.1 Å². The molecule has 17 heavy (non-hydrogen) atoms. The minimum atomic E-state index is 0.464. The van der Waals surface area contributed by atoms with Crippen LogP contribution in [0.15, 0.2) is 12.3 Å². The maximum atomic E-state index is 6.05. The second-order valence-electron chi connectivity index (χ2n) is 3.62. The molecule has 0 aliphatic rings. The number of aromatic nitrogens is 1. The quantitative estimate of drug-likeness (QED) is 0.727. The van der Waals surface area contributed by atoms with Gasteiger partial charge >= 0.3 is 0 Å². The Morgan fingerprint density at radius 3 is 2.82 bits per heavy atom. The summed E-state index contributed by atoms with van der Waals surface area (Å²) >= 11 is 6.05. The largest absolute Gasteiger partial charge is 0.474 e. The predicted octanol–water partition coefficient (Wildman–Crippen LogP) is 2.26. The van der Waals surface area contributed by atoms with Crippen LogP contribution in [0.1, 0.15) is 18.9 Å². The van der Waals surface area contributed by atoms with Crippen LogP contribution in [0, 0.1) is 0 Å². The van der Waals surface area contributed by atoms with E-state index in [1.807, 2.05) is 13.1 Å². The highest BCUT2D eigenvalue weighted by Crippen LogP contribution is 2.22. The predicted molar refractivity (Wildman–Crippen MR) is 68.6 cm³/mol. The molecule has 1 aromatic rings. The molecule has 0 unspecified atom stereocenters. The van der Waals surface area contributed by atoms with Crippen LogP contribution in [0.4, 0.5) is 0 Å². The maximum Gasteiger partial charge on any atom is 0.232 e. The van der Waals surface area contributed by atoms with E-state index in [2.05, 4.69) is 17.2 Å². The minimum absolute atomic E-state index is 0.464. The molecular formula is C12H19ClN2O2. The van der Waals surface area contributed by atoms with E-state index >= 15 is 0 Å². The Balaban J connectivity index is 2.38. The lowest BCUT2D eigenvalue weighted by molar-refractivity contribution is 0.0990.